The molecule has 0 aromatic carbocycles. The first-order valence-electron chi connectivity index (χ1n) is 6.85. The molecule has 1 N–H and O–H groups in total. The van der Waals surface area contributed by atoms with Crippen LogP contribution in [0.4, 0.5) is 5.82 Å². The average Bonchev–Trinajstić information content (AvgIpc) is 2.85. The lowest BCUT2D eigenvalue weighted by Crippen LogP contribution is -2.28. The Labute approximate surface area is 109 Å². The van der Waals surface area contributed by atoms with E-state index in [4.69, 9.17) is 4.74 Å². The van der Waals surface area contributed by atoms with E-state index in [-0.39, 0.29) is 5.60 Å². The SMILES string of the molecule is CCCNc1cc(C)nc(C2(OC)CCCC2)n1. The van der Waals surface area contributed by atoms with Gasteiger partial charge in [-0.25, -0.2) is 9.97 Å². The molecule has 1 aromatic heterocycles. The van der Waals surface area contributed by atoms with Crippen LogP contribution in [0.25, 0.3) is 0 Å². The van der Waals surface area contributed by atoms with Gasteiger partial charge in [0.1, 0.15) is 11.4 Å². The topological polar surface area (TPSA) is 47.0 Å². The van der Waals surface area contributed by atoms with E-state index in [0.717, 1.165) is 43.1 Å². The van der Waals surface area contributed by atoms with Gasteiger partial charge in [0.2, 0.25) is 0 Å². The minimum atomic E-state index is -0.255. The number of hydrogen-bond donors (Lipinski definition) is 1. The molecule has 0 atom stereocenters. The Hall–Kier alpha value is -1.16. The first-order chi connectivity index (χ1) is 8.70. The molecule has 0 radical (unpaired) electrons. The van der Waals surface area contributed by atoms with Gasteiger partial charge in [-0.2, -0.15) is 0 Å². The Morgan fingerprint density at radius 1 is 1.33 bits per heavy atom. The fourth-order valence-electron chi connectivity index (χ4n) is 2.58. The summed E-state index contributed by atoms with van der Waals surface area (Å²) in [4.78, 5) is 9.24. The molecule has 0 unspecified atom stereocenters. The number of anilines is 1. The first-order valence-corrected chi connectivity index (χ1v) is 6.85. The predicted molar refractivity (Wildman–Crippen MR) is 72.7 cm³/mol. The largest absolute Gasteiger partial charge is 0.370 e. The molecule has 0 bridgehead atoms. The summed E-state index contributed by atoms with van der Waals surface area (Å²) in [6.07, 6.45) is 5.54. The number of hydrogen-bond acceptors (Lipinski definition) is 4. The van der Waals surface area contributed by atoms with Crippen molar-refractivity contribution in [3.63, 3.8) is 0 Å². The Balaban J connectivity index is 2.28. The second-order valence-corrected chi connectivity index (χ2v) is 5.05. The van der Waals surface area contributed by atoms with E-state index in [1.54, 1.807) is 7.11 Å². The Bertz CT molecular complexity index is 400. The van der Waals surface area contributed by atoms with Gasteiger partial charge in [0.05, 0.1) is 0 Å². The highest BCUT2D eigenvalue weighted by Gasteiger charge is 2.38. The smallest absolute Gasteiger partial charge is 0.162 e. The van der Waals surface area contributed by atoms with Crippen molar-refractivity contribution in [2.24, 2.45) is 0 Å². The van der Waals surface area contributed by atoms with Crippen molar-refractivity contribution in [3.8, 4) is 0 Å². The molecule has 100 valence electrons. The standard InChI is InChI=1S/C14H23N3O/c1-4-9-15-12-10-11(2)16-13(17-12)14(18-3)7-5-6-8-14/h10H,4-9H2,1-3H3,(H,15,16,17). The van der Waals surface area contributed by atoms with Gasteiger partial charge in [0, 0.05) is 25.4 Å². The summed E-state index contributed by atoms with van der Waals surface area (Å²) in [6, 6.07) is 2.00. The van der Waals surface area contributed by atoms with Crippen LogP contribution in [0.3, 0.4) is 0 Å². The molecule has 0 aliphatic heterocycles. The molecule has 4 heteroatoms. The van der Waals surface area contributed by atoms with E-state index in [9.17, 15) is 0 Å². The Morgan fingerprint density at radius 2 is 2.06 bits per heavy atom. The lowest BCUT2D eigenvalue weighted by molar-refractivity contribution is -0.0163. The summed E-state index contributed by atoms with van der Waals surface area (Å²) >= 11 is 0. The van der Waals surface area contributed by atoms with Gasteiger partial charge in [0.15, 0.2) is 5.82 Å². The maximum absolute atomic E-state index is 5.75. The average molecular weight is 249 g/mol. The van der Waals surface area contributed by atoms with Crippen molar-refractivity contribution in [2.75, 3.05) is 19.0 Å². The van der Waals surface area contributed by atoms with E-state index in [2.05, 4.69) is 22.2 Å². The third-order valence-electron chi connectivity index (χ3n) is 3.62. The van der Waals surface area contributed by atoms with Crippen LogP contribution in [0.2, 0.25) is 0 Å². The molecule has 1 aromatic rings. The summed E-state index contributed by atoms with van der Waals surface area (Å²) in [6.45, 7) is 5.10. The number of nitrogens with one attached hydrogen (secondary N) is 1. The van der Waals surface area contributed by atoms with Crippen LogP contribution in [-0.2, 0) is 10.3 Å². The molecular formula is C14H23N3O. The van der Waals surface area contributed by atoms with Crippen molar-refractivity contribution < 1.29 is 4.74 Å². The van der Waals surface area contributed by atoms with Crippen LogP contribution in [0.5, 0.6) is 0 Å². The van der Waals surface area contributed by atoms with Crippen LogP contribution in [-0.4, -0.2) is 23.6 Å². The third-order valence-corrected chi connectivity index (χ3v) is 3.62. The molecule has 2 rings (SSSR count). The fraction of sp³-hybridized carbons (Fsp3) is 0.714. The lowest BCUT2D eigenvalue weighted by atomic mass is 10.0. The van der Waals surface area contributed by atoms with Gasteiger partial charge in [-0.3, -0.25) is 0 Å². The van der Waals surface area contributed by atoms with Crippen LogP contribution in [0.15, 0.2) is 6.07 Å². The highest BCUT2D eigenvalue weighted by Crippen LogP contribution is 2.40. The maximum Gasteiger partial charge on any atom is 0.162 e. The van der Waals surface area contributed by atoms with Crippen molar-refractivity contribution in [3.05, 3.63) is 17.6 Å². The van der Waals surface area contributed by atoms with Gasteiger partial charge in [-0.15, -0.1) is 0 Å². The fourth-order valence-corrected chi connectivity index (χ4v) is 2.58. The molecular weight excluding hydrogens is 226 g/mol. The number of aryl methyl sites for hydroxylation is 1. The summed E-state index contributed by atoms with van der Waals surface area (Å²) < 4.78 is 5.75. The predicted octanol–water partition coefficient (Wildman–Crippen LogP) is 3.02. The minimum absolute atomic E-state index is 0.255. The lowest BCUT2D eigenvalue weighted by Gasteiger charge is -2.26. The zero-order chi connectivity index (χ0) is 13.0. The third kappa shape index (κ3) is 2.64. The monoisotopic (exact) mass is 249 g/mol. The van der Waals surface area contributed by atoms with Gasteiger partial charge < -0.3 is 10.1 Å². The number of methoxy groups -OCH3 is 1. The van der Waals surface area contributed by atoms with Crippen molar-refractivity contribution >= 4 is 5.82 Å². The second-order valence-electron chi connectivity index (χ2n) is 5.05. The Kier molecular flexibility index (Phi) is 4.17. The van der Waals surface area contributed by atoms with Gasteiger partial charge in [-0.05, 0) is 39.0 Å². The zero-order valence-electron chi connectivity index (χ0n) is 11.6. The molecule has 1 heterocycles. The van der Waals surface area contributed by atoms with Crippen molar-refractivity contribution in [1.29, 1.82) is 0 Å². The second kappa shape index (κ2) is 5.65. The highest BCUT2D eigenvalue weighted by atomic mass is 16.5. The summed E-state index contributed by atoms with van der Waals surface area (Å²) in [7, 11) is 1.77. The molecule has 0 spiro atoms. The molecule has 4 nitrogen and oxygen atoms in total. The van der Waals surface area contributed by atoms with Crippen LogP contribution in [0, 0.1) is 6.92 Å². The minimum Gasteiger partial charge on any atom is -0.370 e. The quantitative estimate of drug-likeness (QED) is 0.871. The summed E-state index contributed by atoms with van der Waals surface area (Å²) in [5.74, 6) is 1.77. The van der Waals surface area contributed by atoms with Crippen LogP contribution in [0.1, 0.15) is 50.5 Å². The summed E-state index contributed by atoms with van der Waals surface area (Å²) in [5, 5.41) is 3.33. The Morgan fingerprint density at radius 3 is 2.67 bits per heavy atom. The number of aromatic nitrogens is 2. The van der Waals surface area contributed by atoms with Crippen molar-refractivity contribution in [2.45, 2.75) is 51.6 Å². The van der Waals surface area contributed by atoms with Crippen LogP contribution < -0.4 is 5.32 Å². The van der Waals surface area contributed by atoms with Crippen molar-refractivity contribution in [1.82, 2.24) is 9.97 Å². The van der Waals surface area contributed by atoms with Gasteiger partial charge >= 0.3 is 0 Å². The molecule has 0 amide bonds. The van der Waals surface area contributed by atoms with E-state index in [1.807, 2.05) is 13.0 Å². The van der Waals surface area contributed by atoms with Gasteiger partial charge in [0.25, 0.3) is 0 Å². The first kappa shape index (κ1) is 13.3. The van der Waals surface area contributed by atoms with Crippen LogP contribution >= 0.6 is 0 Å². The van der Waals surface area contributed by atoms with E-state index >= 15 is 0 Å². The molecule has 18 heavy (non-hydrogen) atoms. The van der Waals surface area contributed by atoms with E-state index < -0.39 is 0 Å². The molecule has 1 saturated carbocycles. The molecule has 1 aliphatic carbocycles. The van der Waals surface area contributed by atoms with E-state index in [0.29, 0.717) is 0 Å². The molecule has 1 fully saturated rings. The maximum atomic E-state index is 5.75. The van der Waals surface area contributed by atoms with Gasteiger partial charge in [-0.1, -0.05) is 6.92 Å². The number of ether oxygens (including phenoxy) is 1. The normalized spacial score (nSPS) is 17.9. The molecule has 0 saturated heterocycles. The number of rotatable bonds is 5. The summed E-state index contributed by atoms with van der Waals surface area (Å²) in [5.41, 5.74) is 0.746. The van der Waals surface area contributed by atoms with E-state index in [1.165, 1.54) is 12.8 Å². The molecule has 1 aliphatic rings. The highest BCUT2D eigenvalue weighted by molar-refractivity contribution is 5.36. The number of nitrogens with zero attached hydrogens (tertiary/aromatic N) is 2. The zero-order valence-corrected chi connectivity index (χ0v) is 11.6.